The third-order valence-electron chi connectivity index (χ3n) is 5.22. The summed E-state index contributed by atoms with van der Waals surface area (Å²) in [6.07, 6.45) is -0.00719. The first kappa shape index (κ1) is 24.8. The molecule has 1 aliphatic rings. The number of Topliss-reactive ketones (excluding diaryl/α,β-unsaturated/α-hetero) is 1. The minimum Gasteiger partial charge on any atom is -0.507 e. The predicted octanol–water partition coefficient (Wildman–Crippen LogP) is 5.22. The number of hydrogen-bond acceptors (Lipinski definition) is 5. The molecule has 1 amide bonds. The zero-order valence-electron chi connectivity index (χ0n) is 19.4. The highest BCUT2D eigenvalue weighted by molar-refractivity contribution is 6.46. The highest BCUT2D eigenvalue weighted by Gasteiger charge is 2.45. The van der Waals surface area contributed by atoms with E-state index in [-0.39, 0.29) is 30.6 Å². The van der Waals surface area contributed by atoms with E-state index in [2.05, 4.69) is 13.8 Å². The number of carbonyl (C=O) groups excluding carboxylic acids is 2. The van der Waals surface area contributed by atoms with Crippen molar-refractivity contribution < 1.29 is 24.2 Å². The van der Waals surface area contributed by atoms with Crippen molar-refractivity contribution in [3.05, 3.63) is 70.3 Å². The van der Waals surface area contributed by atoms with Crippen LogP contribution in [0.2, 0.25) is 5.02 Å². The number of amides is 1. The largest absolute Gasteiger partial charge is 0.507 e. The molecule has 33 heavy (non-hydrogen) atoms. The highest BCUT2D eigenvalue weighted by Crippen LogP contribution is 2.39. The van der Waals surface area contributed by atoms with Crippen LogP contribution in [0.25, 0.3) is 5.76 Å². The second-order valence-electron chi connectivity index (χ2n) is 8.69. The highest BCUT2D eigenvalue weighted by atomic mass is 35.5. The summed E-state index contributed by atoms with van der Waals surface area (Å²) < 4.78 is 11.3. The Morgan fingerprint density at radius 3 is 2.24 bits per heavy atom. The minimum atomic E-state index is -0.741. The lowest BCUT2D eigenvalue weighted by Gasteiger charge is -2.25. The van der Waals surface area contributed by atoms with E-state index in [4.69, 9.17) is 21.1 Å². The molecule has 1 atom stereocenters. The molecule has 0 radical (unpaired) electrons. The molecule has 1 N–H and O–H groups in total. The van der Waals surface area contributed by atoms with Crippen molar-refractivity contribution in [3.8, 4) is 5.75 Å². The van der Waals surface area contributed by atoms with E-state index in [9.17, 15) is 14.7 Å². The van der Waals surface area contributed by atoms with Gasteiger partial charge in [0.15, 0.2) is 0 Å². The number of likely N-dealkylation sites (tertiary alicyclic amines) is 1. The van der Waals surface area contributed by atoms with E-state index in [1.165, 1.54) is 4.90 Å². The monoisotopic (exact) mass is 471 g/mol. The fraction of sp³-hybridized carbons (Fsp3) is 0.385. The third-order valence-corrected chi connectivity index (χ3v) is 5.47. The number of ether oxygens (including phenoxy) is 2. The molecule has 1 heterocycles. The first-order valence-corrected chi connectivity index (χ1v) is 11.5. The van der Waals surface area contributed by atoms with E-state index in [1.807, 2.05) is 13.8 Å². The summed E-state index contributed by atoms with van der Waals surface area (Å²) in [6.45, 7) is 8.99. The maximum atomic E-state index is 13.0. The number of aliphatic hydroxyl groups excluding tert-OH is 1. The molecule has 6 nitrogen and oxygen atoms in total. The van der Waals surface area contributed by atoms with Crippen molar-refractivity contribution in [1.82, 2.24) is 4.90 Å². The van der Waals surface area contributed by atoms with E-state index >= 15 is 0 Å². The number of halogens is 1. The normalized spacial score (nSPS) is 17.9. The summed E-state index contributed by atoms with van der Waals surface area (Å²) in [5.41, 5.74) is 1.16. The molecule has 7 heteroatoms. The molecule has 0 saturated carbocycles. The number of rotatable bonds is 9. The lowest BCUT2D eigenvalue weighted by molar-refractivity contribution is -0.140. The van der Waals surface area contributed by atoms with Crippen molar-refractivity contribution in [2.75, 3.05) is 19.8 Å². The van der Waals surface area contributed by atoms with Gasteiger partial charge < -0.3 is 19.5 Å². The number of carbonyl (C=O) groups is 2. The maximum Gasteiger partial charge on any atom is 0.295 e. The van der Waals surface area contributed by atoms with Crippen LogP contribution in [0.15, 0.2) is 54.1 Å². The third kappa shape index (κ3) is 5.95. The van der Waals surface area contributed by atoms with Gasteiger partial charge in [-0.3, -0.25) is 9.59 Å². The van der Waals surface area contributed by atoms with Gasteiger partial charge in [-0.1, -0.05) is 37.6 Å². The lowest BCUT2D eigenvalue weighted by atomic mass is 9.95. The zero-order valence-corrected chi connectivity index (χ0v) is 20.1. The smallest absolute Gasteiger partial charge is 0.295 e. The number of aliphatic hydroxyl groups is 1. The van der Waals surface area contributed by atoms with Crippen molar-refractivity contribution in [1.29, 1.82) is 0 Å². The van der Waals surface area contributed by atoms with Crippen molar-refractivity contribution in [2.45, 2.75) is 39.8 Å². The van der Waals surface area contributed by atoms with Gasteiger partial charge in [-0.25, -0.2) is 0 Å². The molecule has 1 aliphatic heterocycles. The Hall–Kier alpha value is -2.83. The molecule has 1 unspecified atom stereocenters. The lowest BCUT2D eigenvalue weighted by Crippen LogP contribution is -2.33. The van der Waals surface area contributed by atoms with Gasteiger partial charge in [0, 0.05) is 17.1 Å². The molecule has 3 rings (SSSR count). The summed E-state index contributed by atoms with van der Waals surface area (Å²) >= 11 is 6.04. The van der Waals surface area contributed by atoms with E-state index in [1.54, 1.807) is 48.5 Å². The van der Waals surface area contributed by atoms with Gasteiger partial charge in [-0.2, -0.15) is 0 Å². The first-order chi connectivity index (χ1) is 15.7. The van der Waals surface area contributed by atoms with Crippen LogP contribution in [-0.4, -0.2) is 47.6 Å². The summed E-state index contributed by atoms with van der Waals surface area (Å²) in [6, 6.07) is 13.0. The van der Waals surface area contributed by atoms with Crippen LogP contribution < -0.4 is 4.74 Å². The number of ketones is 1. The van der Waals surface area contributed by atoms with Gasteiger partial charge in [-0.05, 0) is 61.7 Å². The van der Waals surface area contributed by atoms with E-state index in [0.29, 0.717) is 34.4 Å². The first-order valence-electron chi connectivity index (χ1n) is 11.1. The molecule has 1 saturated heterocycles. The van der Waals surface area contributed by atoms with Crippen molar-refractivity contribution in [3.63, 3.8) is 0 Å². The quantitative estimate of drug-likeness (QED) is 0.308. The van der Waals surface area contributed by atoms with Gasteiger partial charge in [0.25, 0.3) is 11.7 Å². The fourth-order valence-electron chi connectivity index (χ4n) is 3.62. The Kier molecular flexibility index (Phi) is 8.16. The van der Waals surface area contributed by atoms with Crippen LogP contribution in [0.1, 0.15) is 44.9 Å². The van der Waals surface area contributed by atoms with Gasteiger partial charge in [-0.15, -0.1) is 0 Å². The van der Waals surface area contributed by atoms with Crippen LogP contribution in [0.5, 0.6) is 5.75 Å². The molecule has 0 spiro atoms. The molecule has 0 aromatic heterocycles. The summed E-state index contributed by atoms with van der Waals surface area (Å²) in [5.74, 6) is -0.567. The Labute approximate surface area is 199 Å². The van der Waals surface area contributed by atoms with Crippen molar-refractivity contribution >= 4 is 29.1 Å². The number of hydrogen-bond donors (Lipinski definition) is 1. The van der Waals surface area contributed by atoms with Crippen LogP contribution in [0, 0.1) is 5.92 Å². The molecule has 0 bridgehead atoms. The summed E-state index contributed by atoms with van der Waals surface area (Å²) in [5, 5.41) is 11.7. The second kappa shape index (κ2) is 10.9. The molecule has 1 fully saturated rings. The van der Waals surface area contributed by atoms with E-state index in [0.717, 1.165) is 0 Å². The Balaban J connectivity index is 1.99. The predicted molar refractivity (Wildman–Crippen MR) is 128 cm³/mol. The zero-order chi connectivity index (χ0) is 24.1. The van der Waals surface area contributed by atoms with Crippen molar-refractivity contribution in [2.24, 2.45) is 5.92 Å². The molecular formula is C26H30ClNO5. The number of benzene rings is 2. The number of nitrogens with zero attached hydrogens (tertiary/aromatic N) is 1. The van der Waals surface area contributed by atoms with Crippen LogP contribution in [0.4, 0.5) is 0 Å². The molecular weight excluding hydrogens is 442 g/mol. The maximum absolute atomic E-state index is 13.0. The molecule has 0 aliphatic carbocycles. The van der Waals surface area contributed by atoms with Crippen LogP contribution in [-0.2, 0) is 14.3 Å². The van der Waals surface area contributed by atoms with Gasteiger partial charge >= 0.3 is 0 Å². The average Bonchev–Trinajstić information content (AvgIpc) is 3.03. The Morgan fingerprint density at radius 1 is 1.03 bits per heavy atom. The summed E-state index contributed by atoms with van der Waals surface area (Å²) in [7, 11) is 0. The fourth-order valence-corrected chi connectivity index (χ4v) is 3.74. The molecule has 2 aromatic rings. The Morgan fingerprint density at radius 2 is 1.67 bits per heavy atom. The molecule has 2 aromatic carbocycles. The molecule has 176 valence electrons. The van der Waals surface area contributed by atoms with Gasteiger partial charge in [0.1, 0.15) is 11.5 Å². The van der Waals surface area contributed by atoms with E-state index < -0.39 is 17.7 Å². The van der Waals surface area contributed by atoms with Gasteiger partial charge in [0.05, 0.1) is 30.9 Å². The second-order valence-corrected chi connectivity index (χ2v) is 9.13. The van der Waals surface area contributed by atoms with Crippen LogP contribution >= 0.6 is 11.6 Å². The average molecular weight is 472 g/mol. The standard InChI is InChI=1S/C26H30ClNO5/c1-16(2)15-33-21-11-7-19(8-12-21)24(29)22-23(18-5-9-20(27)10-6-18)28(26(31)25(22)30)13-14-32-17(3)4/h5-12,16-17,23,29H,13-15H2,1-4H3/b24-22-. The topological polar surface area (TPSA) is 76.1 Å². The SMILES string of the molecule is CC(C)COc1ccc(/C(O)=C2/C(=O)C(=O)N(CCOC(C)C)C2c2ccc(Cl)cc2)cc1. The van der Waals surface area contributed by atoms with Gasteiger partial charge in [0.2, 0.25) is 0 Å². The van der Waals surface area contributed by atoms with Crippen LogP contribution in [0.3, 0.4) is 0 Å². The minimum absolute atomic E-state index is 0.00719. The summed E-state index contributed by atoms with van der Waals surface area (Å²) in [4.78, 5) is 27.4. The Bertz CT molecular complexity index is 1010.